The van der Waals surface area contributed by atoms with Crippen molar-refractivity contribution >= 4 is 0 Å². The van der Waals surface area contributed by atoms with Gasteiger partial charge in [-0.3, -0.25) is 9.80 Å². The summed E-state index contributed by atoms with van der Waals surface area (Å²) in [5.41, 5.74) is 0. The minimum absolute atomic E-state index is 0.736. The number of fused-ring (bicyclic) bond motifs is 1. The summed E-state index contributed by atoms with van der Waals surface area (Å²) in [5, 5.41) is 0. The quantitative estimate of drug-likeness (QED) is 0.528. The molecular formula is C14H24N2. The lowest BCUT2D eigenvalue weighted by atomic mass is 10.1. The molecule has 0 radical (unpaired) electrons. The number of unbranched alkanes of at least 4 members (excludes halogenated alkanes) is 2. The summed E-state index contributed by atoms with van der Waals surface area (Å²) in [4.78, 5) is 5.35. The molecule has 2 heterocycles. The van der Waals surface area contributed by atoms with E-state index in [4.69, 9.17) is 6.42 Å². The van der Waals surface area contributed by atoms with Crippen molar-refractivity contribution in [2.75, 3.05) is 26.2 Å². The Bertz CT molecular complexity index is 256. The Morgan fingerprint density at radius 1 is 1.31 bits per heavy atom. The normalized spacial score (nSPS) is 31.2. The molecule has 2 aliphatic rings. The molecule has 2 nitrogen and oxygen atoms in total. The molecule has 2 aliphatic heterocycles. The molecule has 0 aromatic heterocycles. The van der Waals surface area contributed by atoms with Gasteiger partial charge in [0.25, 0.3) is 0 Å². The van der Waals surface area contributed by atoms with E-state index >= 15 is 0 Å². The van der Waals surface area contributed by atoms with Crippen LogP contribution in [0.25, 0.3) is 0 Å². The van der Waals surface area contributed by atoms with Crippen molar-refractivity contribution < 1.29 is 0 Å². The van der Waals surface area contributed by atoms with Crippen LogP contribution in [0.5, 0.6) is 0 Å². The summed E-state index contributed by atoms with van der Waals surface area (Å²) in [5.74, 6) is 2.73. The molecule has 2 saturated heterocycles. The number of piperazine rings is 1. The highest BCUT2D eigenvalue weighted by Crippen LogP contribution is 2.24. The van der Waals surface area contributed by atoms with Gasteiger partial charge in [-0.15, -0.1) is 12.3 Å². The van der Waals surface area contributed by atoms with Crippen LogP contribution in [0.1, 0.15) is 39.0 Å². The second-order valence-corrected chi connectivity index (χ2v) is 5.30. The van der Waals surface area contributed by atoms with E-state index in [1.165, 1.54) is 51.9 Å². The Morgan fingerprint density at radius 3 is 3.00 bits per heavy atom. The zero-order chi connectivity index (χ0) is 11.4. The Morgan fingerprint density at radius 2 is 2.19 bits per heavy atom. The van der Waals surface area contributed by atoms with E-state index in [2.05, 4.69) is 22.6 Å². The predicted molar refractivity (Wildman–Crippen MR) is 68.3 cm³/mol. The minimum Gasteiger partial charge on any atom is -0.298 e. The molecule has 2 heteroatoms. The lowest BCUT2D eigenvalue weighted by molar-refractivity contribution is 0.0585. The fraction of sp³-hybridized carbons (Fsp3) is 0.857. The van der Waals surface area contributed by atoms with Gasteiger partial charge in [0.2, 0.25) is 0 Å². The Kier molecular flexibility index (Phi) is 4.26. The molecule has 0 saturated carbocycles. The van der Waals surface area contributed by atoms with Gasteiger partial charge in [0.05, 0.1) is 0 Å². The first-order valence-electron chi connectivity index (χ1n) is 6.73. The van der Waals surface area contributed by atoms with Gasteiger partial charge in [0, 0.05) is 31.6 Å². The van der Waals surface area contributed by atoms with Gasteiger partial charge in [0.15, 0.2) is 0 Å². The molecule has 16 heavy (non-hydrogen) atoms. The molecular weight excluding hydrogens is 196 g/mol. The lowest BCUT2D eigenvalue weighted by Gasteiger charge is -2.42. The molecule has 2 unspecified atom stereocenters. The number of rotatable bonds is 4. The maximum absolute atomic E-state index is 5.27. The zero-order valence-electron chi connectivity index (χ0n) is 10.5. The van der Waals surface area contributed by atoms with E-state index in [1.54, 1.807) is 0 Å². The summed E-state index contributed by atoms with van der Waals surface area (Å²) in [6.45, 7) is 7.51. The third-order valence-corrected chi connectivity index (χ3v) is 4.08. The highest BCUT2D eigenvalue weighted by atomic mass is 15.3. The van der Waals surface area contributed by atoms with Gasteiger partial charge >= 0.3 is 0 Å². The van der Waals surface area contributed by atoms with Crippen LogP contribution in [0.15, 0.2) is 0 Å². The summed E-state index contributed by atoms with van der Waals surface area (Å²) in [7, 11) is 0. The molecule has 2 atom stereocenters. The van der Waals surface area contributed by atoms with Gasteiger partial charge < -0.3 is 0 Å². The molecule has 0 bridgehead atoms. The Labute approximate surface area is 100.0 Å². The smallest absolute Gasteiger partial charge is 0.0224 e. The number of terminal acetylenes is 1. The van der Waals surface area contributed by atoms with Crippen LogP contribution < -0.4 is 0 Å². The number of nitrogens with zero attached hydrogens (tertiary/aromatic N) is 2. The first kappa shape index (κ1) is 12.0. The highest BCUT2D eigenvalue weighted by Gasteiger charge is 2.33. The van der Waals surface area contributed by atoms with Gasteiger partial charge in [-0.2, -0.15) is 0 Å². The van der Waals surface area contributed by atoms with E-state index in [-0.39, 0.29) is 0 Å². The fourth-order valence-corrected chi connectivity index (χ4v) is 3.10. The van der Waals surface area contributed by atoms with Gasteiger partial charge in [0.1, 0.15) is 0 Å². The molecule has 0 spiro atoms. The number of hydrogen-bond acceptors (Lipinski definition) is 2. The van der Waals surface area contributed by atoms with Crippen LogP contribution in [-0.4, -0.2) is 48.1 Å². The fourth-order valence-electron chi connectivity index (χ4n) is 3.10. The van der Waals surface area contributed by atoms with E-state index in [1.807, 2.05) is 0 Å². The van der Waals surface area contributed by atoms with Crippen molar-refractivity contribution in [3.63, 3.8) is 0 Å². The monoisotopic (exact) mass is 220 g/mol. The van der Waals surface area contributed by atoms with Crippen LogP contribution in [0.2, 0.25) is 0 Å². The highest BCUT2D eigenvalue weighted by molar-refractivity contribution is 4.90. The third kappa shape index (κ3) is 2.78. The summed E-state index contributed by atoms with van der Waals surface area (Å²) >= 11 is 0. The molecule has 0 aliphatic carbocycles. The first-order chi connectivity index (χ1) is 7.81. The molecule has 0 aromatic rings. The zero-order valence-corrected chi connectivity index (χ0v) is 10.5. The van der Waals surface area contributed by atoms with Gasteiger partial charge in [-0.25, -0.2) is 0 Å². The lowest BCUT2D eigenvalue weighted by Crippen LogP contribution is -2.54. The second-order valence-electron chi connectivity index (χ2n) is 5.30. The van der Waals surface area contributed by atoms with Gasteiger partial charge in [-0.05, 0) is 45.7 Å². The van der Waals surface area contributed by atoms with E-state index < -0.39 is 0 Å². The SMILES string of the molecule is C#CCCCCN1CC2CCCN2CC1C. The van der Waals surface area contributed by atoms with Crippen molar-refractivity contribution in [2.45, 2.75) is 51.1 Å². The maximum atomic E-state index is 5.27. The van der Waals surface area contributed by atoms with Crippen molar-refractivity contribution in [1.29, 1.82) is 0 Å². The molecule has 2 rings (SSSR count). The standard InChI is InChI=1S/C14H24N2/c1-3-4-5-6-9-15-12-14-8-7-10-16(14)11-13(15)2/h1,13-14H,4-12H2,2H3. The van der Waals surface area contributed by atoms with Gasteiger partial charge in [-0.1, -0.05) is 0 Å². The molecule has 0 aromatic carbocycles. The summed E-state index contributed by atoms with van der Waals surface area (Å²) < 4.78 is 0. The molecule has 2 fully saturated rings. The molecule has 0 amide bonds. The van der Waals surface area contributed by atoms with E-state index in [0.29, 0.717) is 0 Å². The van der Waals surface area contributed by atoms with E-state index in [9.17, 15) is 0 Å². The van der Waals surface area contributed by atoms with Crippen molar-refractivity contribution in [3.05, 3.63) is 0 Å². The van der Waals surface area contributed by atoms with Crippen molar-refractivity contribution in [2.24, 2.45) is 0 Å². The van der Waals surface area contributed by atoms with Crippen LogP contribution in [0.3, 0.4) is 0 Å². The predicted octanol–water partition coefficient (Wildman–Crippen LogP) is 1.96. The number of hydrogen-bond donors (Lipinski definition) is 0. The van der Waals surface area contributed by atoms with E-state index in [0.717, 1.165) is 18.5 Å². The average molecular weight is 220 g/mol. The summed E-state index contributed by atoms with van der Waals surface area (Å²) in [6.07, 6.45) is 11.5. The average Bonchev–Trinajstić information content (AvgIpc) is 2.71. The Hall–Kier alpha value is -0.520. The summed E-state index contributed by atoms with van der Waals surface area (Å²) in [6, 6.07) is 1.59. The maximum Gasteiger partial charge on any atom is 0.0224 e. The Balaban J connectivity index is 1.74. The van der Waals surface area contributed by atoms with Crippen molar-refractivity contribution in [1.82, 2.24) is 9.80 Å². The second kappa shape index (κ2) is 5.70. The van der Waals surface area contributed by atoms with Crippen LogP contribution in [0, 0.1) is 12.3 Å². The molecule has 90 valence electrons. The van der Waals surface area contributed by atoms with Crippen molar-refractivity contribution in [3.8, 4) is 12.3 Å². The van der Waals surface area contributed by atoms with Crippen LogP contribution >= 0.6 is 0 Å². The largest absolute Gasteiger partial charge is 0.298 e. The topological polar surface area (TPSA) is 6.48 Å². The van der Waals surface area contributed by atoms with Crippen LogP contribution in [0.4, 0.5) is 0 Å². The third-order valence-electron chi connectivity index (χ3n) is 4.08. The minimum atomic E-state index is 0.736. The first-order valence-corrected chi connectivity index (χ1v) is 6.73. The van der Waals surface area contributed by atoms with Crippen LogP contribution in [-0.2, 0) is 0 Å². The molecule has 0 N–H and O–H groups in total.